The van der Waals surface area contributed by atoms with E-state index in [2.05, 4.69) is 53.0 Å². The Kier molecular flexibility index (Phi) is 5.31. The summed E-state index contributed by atoms with van der Waals surface area (Å²) in [5.41, 5.74) is 2.16. The maximum absolute atomic E-state index is 12.4. The van der Waals surface area contributed by atoms with Crippen molar-refractivity contribution in [2.45, 2.75) is 62.6 Å². The average molecular weight is 443 g/mol. The van der Waals surface area contributed by atoms with Crippen LogP contribution in [0.15, 0.2) is 41.6 Å². The molecule has 1 aliphatic rings. The van der Waals surface area contributed by atoms with E-state index in [-0.39, 0.29) is 22.0 Å². The minimum absolute atomic E-state index is 0.0169. The minimum atomic E-state index is -3.58. The molecule has 0 bridgehead atoms. The first-order valence-electron chi connectivity index (χ1n) is 10.4. The van der Waals surface area contributed by atoms with Crippen molar-refractivity contribution in [2.24, 2.45) is 0 Å². The quantitative estimate of drug-likeness (QED) is 0.483. The van der Waals surface area contributed by atoms with Gasteiger partial charge in [-0.3, -0.25) is 0 Å². The molecule has 1 aromatic carbocycles. The summed E-state index contributed by atoms with van der Waals surface area (Å²) in [5.74, 6) is 0.573. The van der Waals surface area contributed by atoms with Gasteiger partial charge in [0.15, 0.2) is 0 Å². The van der Waals surface area contributed by atoms with Gasteiger partial charge in [0.1, 0.15) is 4.90 Å². The molecule has 166 valence electrons. The van der Waals surface area contributed by atoms with E-state index in [1.165, 1.54) is 7.05 Å². The predicted molar refractivity (Wildman–Crippen MR) is 124 cm³/mol. The van der Waals surface area contributed by atoms with Crippen LogP contribution >= 0.6 is 0 Å². The number of aromatic amines is 1. The van der Waals surface area contributed by atoms with Crippen molar-refractivity contribution < 1.29 is 8.42 Å². The number of para-hydroxylation sites is 1. The van der Waals surface area contributed by atoms with Crippen LogP contribution in [0.1, 0.15) is 40.5 Å². The van der Waals surface area contributed by atoms with Gasteiger partial charge in [-0.2, -0.15) is 0 Å². The topological polar surface area (TPSA) is 112 Å². The third kappa shape index (κ3) is 4.44. The van der Waals surface area contributed by atoms with E-state index in [0.29, 0.717) is 11.5 Å². The fourth-order valence-corrected chi connectivity index (χ4v) is 5.77. The molecule has 8 nitrogen and oxygen atoms in total. The number of nitrogens with one attached hydrogen (secondary N) is 4. The fourth-order valence-electron chi connectivity index (χ4n) is 4.86. The maximum atomic E-state index is 12.4. The van der Waals surface area contributed by atoms with Crippen LogP contribution < -0.4 is 15.4 Å². The van der Waals surface area contributed by atoms with E-state index in [9.17, 15) is 8.42 Å². The molecule has 4 N–H and O–H groups in total. The van der Waals surface area contributed by atoms with Gasteiger partial charge in [-0.15, -0.1) is 0 Å². The van der Waals surface area contributed by atoms with Crippen LogP contribution in [-0.4, -0.2) is 47.5 Å². The summed E-state index contributed by atoms with van der Waals surface area (Å²) >= 11 is 0. The molecular formula is C22H30N6O2S. The van der Waals surface area contributed by atoms with E-state index < -0.39 is 10.0 Å². The van der Waals surface area contributed by atoms with Crippen LogP contribution in [0.2, 0.25) is 0 Å². The standard InChI is InChI=1S/C22H30N6O2S/c1-21(2)11-14(12-22(3,4)28-21)26-20-24-10-9-17(27-20)16-13-25-19-15(16)7-6-8-18(19)31(29,30)23-5/h6-10,13-14,23,25,28H,11-12H2,1-5H3,(H,24,26,27). The van der Waals surface area contributed by atoms with Crippen molar-refractivity contribution in [3.8, 4) is 11.3 Å². The molecular weight excluding hydrogens is 412 g/mol. The SMILES string of the molecule is CNS(=O)(=O)c1cccc2c(-c3ccnc(NC4CC(C)(C)NC(C)(C)C4)n3)c[nH]c12. The second-order valence-corrected chi connectivity index (χ2v) is 11.4. The highest BCUT2D eigenvalue weighted by molar-refractivity contribution is 7.89. The Morgan fingerprint density at radius 3 is 2.48 bits per heavy atom. The minimum Gasteiger partial charge on any atom is -0.359 e. The number of rotatable bonds is 5. The number of sulfonamides is 1. The zero-order valence-corrected chi connectivity index (χ0v) is 19.4. The molecule has 0 aliphatic carbocycles. The van der Waals surface area contributed by atoms with Gasteiger partial charge in [-0.25, -0.2) is 23.1 Å². The molecule has 0 amide bonds. The number of aromatic nitrogens is 3. The van der Waals surface area contributed by atoms with Gasteiger partial charge >= 0.3 is 0 Å². The summed E-state index contributed by atoms with van der Waals surface area (Å²) in [4.78, 5) is 12.5. The van der Waals surface area contributed by atoms with Crippen molar-refractivity contribution in [3.63, 3.8) is 0 Å². The molecule has 0 spiro atoms. The second-order valence-electron chi connectivity index (χ2n) is 9.50. The number of hydrogen-bond acceptors (Lipinski definition) is 6. The molecule has 2 aromatic heterocycles. The van der Waals surface area contributed by atoms with E-state index in [0.717, 1.165) is 29.5 Å². The van der Waals surface area contributed by atoms with Crippen LogP contribution in [0.5, 0.6) is 0 Å². The van der Waals surface area contributed by atoms with Crippen LogP contribution in [0, 0.1) is 0 Å². The van der Waals surface area contributed by atoms with E-state index in [4.69, 9.17) is 4.98 Å². The summed E-state index contributed by atoms with van der Waals surface area (Å²) in [6.45, 7) is 8.84. The Balaban J connectivity index is 1.67. The number of H-pyrrole nitrogens is 1. The Hall–Kier alpha value is -2.49. The predicted octanol–water partition coefficient (Wildman–Crippen LogP) is 3.25. The molecule has 0 saturated carbocycles. The normalized spacial score (nSPS) is 18.9. The van der Waals surface area contributed by atoms with Gasteiger partial charge in [-0.1, -0.05) is 12.1 Å². The molecule has 0 radical (unpaired) electrons. The summed E-state index contributed by atoms with van der Waals surface area (Å²) in [7, 11) is -2.17. The Morgan fingerprint density at radius 1 is 1.10 bits per heavy atom. The van der Waals surface area contributed by atoms with Gasteiger partial charge in [0.2, 0.25) is 16.0 Å². The number of fused-ring (bicyclic) bond motifs is 1. The Bertz CT molecular complexity index is 1200. The fraction of sp³-hybridized carbons (Fsp3) is 0.455. The van der Waals surface area contributed by atoms with Gasteiger partial charge < -0.3 is 15.6 Å². The lowest BCUT2D eigenvalue weighted by Gasteiger charge is -2.46. The van der Waals surface area contributed by atoms with Gasteiger partial charge in [0.25, 0.3) is 0 Å². The van der Waals surface area contributed by atoms with Crippen LogP contribution in [-0.2, 0) is 10.0 Å². The van der Waals surface area contributed by atoms with Crippen molar-refractivity contribution in [1.29, 1.82) is 0 Å². The average Bonchev–Trinajstić information content (AvgIpc) is 3.09. The molecule has 31 heavy (non-hydrogen) atoms. The lowest BCUT2D eigenvalue weighted by molar-refractivity contribution is 0.170. The van der Waals surface area contributed by atoms with Crippen LogP contribution in [0.4, 0.5) is 5.95 Å². The number of anilines is 1. The van der Waals surface area contributed by atoms with Crippen molar-refractivity contribution in [1.82, 2.24) is 25.0 Å². The third-order valence-corrected chi connectivity index (χ3v) is 7.15. The number of hydrogen-bond donors (Lipinski definition) is 4. The van der Waals surface area contributed by atoms with Crippen molar-refractivity contribution >= 4 is 26.9 Å². The van der Waals surface area contributed by atoms with Gasteiger partial charge in [0, 0.05) is 40.5 Å². The van der Waals surface area contributed by atoms with E-state index >= 15 is 0 Å². The monoisotopic (exact) mass is 442 g/mol. The molecule has 1 fully saturated rings. The molecule has 4 rings (SSSR count). The zero-order chi connectivity index (χ0) is 22.4. The molecule has 1 aliphatic heterocycles. The van der Waals surface area contributed by atoms with Crippen molar-refractivity contribution in [3.05, 3.63) is 36.7 Å². The first kappa shape index (κ1) is 21.7. The number of nitrogens with zero attached hydrogens (tertiary/aromatic N) is 2. The molecule has 1 saturated heterocycles. The van der Waals surface area contributed by atoms with Gasteiger partial charge in [0.05, 0.1) is 11.2 Å². The highest BCUT2D eigenvalue weighted by Gasteiger charge is 2.37. The molecule has 3 heterocycles. The highest BCUT2D eigenvalue weighted by atomic mass is 32.2. The highest BCUT2D eigenvalue weighted by Crippen LogP contribution is 2.32. The molecule has 0 unspecified atom stereocenters. The molecule has 9 heteroatoms. The van der Waals surface area contributed by atoms with E-state index in [1.54, 1.807) is 24.5 Å². The lowest BCUT2D eigenvalue weighted by Crippen LogP contribution is -2.60. The Labute approximate surface area is 183 Å². The summed E-state index contributed by atoms with van der Waals surface area (Å²) in [5, 5.41) is 7.99. The molecule has 0 atom stereocenters. The van der Waals surface area contributed by atoms with Crippen LogP contribution in [0.25, 0.3) is 22.2 Å². The van der Waals surface area contributed by atoms with Crippen LogP contribution in [0.3, 0.4) is 0 Å². The summed E-state index contributed by atoms with van der Waals surface area (Å²) in [6.07, 6.45) is 5.45. The lowest BCUT2D eigenvalue weighted by atomic mass is 9.80. The van der Waals surface area contributed by atoms with E-state index in [1.807, 2.05) is 12.1 Å². The molecule has 3 aromatic rings. The first-order valence-corrected chi connectivity index (χ1v) is 11.9. The third-order valence-electron chi connectivity index (χ3n) is 5.69. The number of piperidine rings is 1. The summed E-state index contributed by atoms with van der Waals surface area (Å²) in [6, 6.07) is 7.30. The summed E-state index contributed by atoms with van der Waals surface area (Å²) < 4.78 is 27.1. The maximum Gasteiger partial charge on any atom is 0.242 e. The first-order chi connectivity index (χ1) is 14.5. The Morgan fingerprint density at radius 2 is 1.81 bits per heavy atom. The second kappa shape index (κ2) is 7.58. The zero-order valence-electron chi connectivity index (χ0n) is 18.6. The smallest absolute Gasteiger partial charge is 0.242 e. The van der Waals surface area contributed by atoms with Crippen molar-refractivity contribution in [2.75, 3.05) is 12.4 Å². The number of benzene rings is 1. The van der Waals surface area contributed by atoms with Gasteiger partial charge in [-0.05, 0) is 59.7 Å². The largest absolute Gasteiger partial charge is 0.359 e.